The van der Waals surface area contributed by atoms with Gasteiger partial charge >= 0.3 is 0 Å². The SMILES string of the molecule is COc1ccc(CC(N)c2cc(Cl)ccc2Cl)cn1. The Labute approximate surface area is 122 Å². The number of hydrogen-bond donors (Lipinski definition) is 1. The molecule has 0 aliphatic rings. The van der Waals surface area contributed by atoms with Gasteiger partial charge in [-0.05, 0) is 35.7 Å². The fourth-order valence-electron chi connectivity index (χ4n) is 1.82. The van der Waals surface area contributed by atoms with Crippen molar-refractivity contribution in [2.45, 2.75) is 12.5 Å². The van der Waals surface area contributed by atoms with Gasteiger partial charge < -0.3 is 10.5 Å². The average Bonchev–Trinajstić information content (AvgIpc) is 2.42. The van der Waals surface area contributed by atoms with Crippen molar-refractivity contribution < 1.29 is 4.74 Å². The average molecular weight is 297 g/mol. The Morgan fingerprint density at radius 1 is 1.26 bits per heavy atom. The van der Waals surface area contributed by atoms with E-state index in [2.05, 4.69) is 4.98 Å². The Balaban J connectivity index is 2.15. The summed E-state index contributed by atoms with van der Waals surface area (Å²) in [7, 11) is 1.58. The van der Waals surface area contributed by atoms with E-state index in [9.17, 15) is 0 Å². The van der Waals surface area contributed by atoms with Crippen LogP contribution in [0.1, 0.15) is 17.2 Å². The molecule has 2 aromatic rings. The molecule has 19 heavy (non-hydrogen) atoms. The second kappa shape index (κ2) is 6.24. The minimum atomic E-state index is -0.221. The van der Waals surface area contributed by atoms with Crippen LogP contribution in [0.3, 0.4) is 0 Å². The zero-order valence-electron chi connectivity index (χ0n) is 10.4. The number of hydrogen-bond acceptors (Lipinski definition) is 3. The summed E-state index contributed by atoms with van der Waals surface area (Å²) in [6, 6.07) is 8.82. The second-order valence-corrected chi connectivity index (χ2v) is 5.03. The Bertz CT molecular complexity index is 558. The summed E-state index contributed by atoms with van der Waals surface area (Å²) in [6.07, 6.45) is 2.38. The van der Waals surface area contributed by atoms with Crippen LogP contribution in [0, 0.1) is 0 Å². The number of aromatic nitrogens is 1. The van der Waals surface area contributed by atoms with Crippen LogP contribution in [-0.2, 0) is 6.42 Å². The minimum Gasteiger partial charge on any atom is -0.481 e. The van der Waals surface area contributed by atoms with Gasteiger partial charge in [0.2, 0.25) is 5.88 Å². The van der Waals surface area contributed by atoms with Crippen molar-refractivity contribution in [2.75, 3.05) is 7.11 Å². The molecule has 2 rings (SSSR count). The first kappa shape index (κ1) is 14.1. The molecule has 0 spiro atoms. The topological polar surface area (TPSA) is 48.1 Å². The second-order valence-electron chi connectivity index (χ2n) is 4.19. The molecular weight excluding hydrogens is 283 g/mol. The van der Waals surface area contributed by atoms with Crippen LogP contribution in [0.2, 0.25) is 10.0 Å². The van der Waals surface area contributed by atoms with Crippen LogP contribution < -0.4 is 10.5 Å². The van der Waals surface area contributed by atoms with Crippen LogP contribution in [0.25, 0.3) is 0 Å². The number of halogens is 2. The van der Waals surface area contributed by atoms with Crippen LogP contribution in [0.4, 0.5) is 0 Å². The Morgan fingerprint density at radius 2 is 2.05 bits per heavy atom. The third-order valence-electron chi connectivity index (χ3n) is 2.82. The van der Waals surface area contributed by atoms with E-state index in [4.69, 9.17) is 33.7 Å². The van der Waals surface area contributed by atoms with Crippen LogP contribution in [-0.4, -0.2) is 12.1 Å². The van der Waals surface area contributed by atoms with Gasteiger partial charge in [0.15, 0.2) is 0 Å². The van der Waals surface area contributed by atoms with Gasteiger partial charge in [0.25, 0.3) is 0 Å². The smallest absolute Gasteiger partial charge is 0.212 e. The van der Waals surface area contributed by atoms with E-state index in [1.807, 2.05) is 12.1 Å². The van der Waals surface area contributed by atoms with E-state index in [0.29, 0.717) is 22.3 Å². The molecule has 0 bridgehead atoms. The lowest BCUT2D eigenvalue weighted by molar-refractivity contribution is 0.397. The van der Waals surface area contributed by atoms with Gasteiger partial charge in [0.1, 0.15) is 0 Å². The molecule has 1 aromatic carbocycles. The molecule has 0 radical (unpaired) electrons. The third-order valence-corrected chi connectivity index (χ3v) is 3.40. The van der Waals surface area contributed by atoms with Gasteiger partial charge in [-0.3, -0.25) is 0 Å². The molecule has 0 aliphatic heterocycles. The maximum Gasteiger partial charge on any atom is 0.212 e. The minimum absolute atomic E-state index is 0.221. The largest absolute Gasteiger partial charge is 0.481 e. The van der Waals surface area contributed by atoms with Gasteiger partial charge in [0.05, 0.1) is 7.11 Å². The number of nitrogens with two attached hydrogens (primary N) is 1. The normalized spacial score (nSPS) is 12.2. The molecule has 100 valence electrons. The van der Waals surface area contributed by atoms with E-state index in [1.54, 1.807) is 31.5 Å². The number of pyridine rings is 1. The lowest BCUT2D eigenvalue weighted by Crippen LogP contribution is -2.14. The highest BCUT2D eigenvalue weighted by molar-refractivity contribution is 6.33. The van der Waals surface area contributed by atoms with Gasteiger partial charge in [0, 0.05) is 28.4 Å². The highest BCUT2D eigenvalue weighted by Crippen LogP contribution is 2.27. The third kappa shape index (κ3) is 3.60. The maximum atomic E-state index is 6.17. The molecule has 0 aliphatic carbocycles. The van der Waals surface area contributed by atoms with E-state index in [0.717, 1.165) is 11.1 Å². The van der Waals surface area contributed by atoms with E-state index < -0.39 is 0 Å². The standard InChI is InChI=1S/C14H14Cl2N2O/c1-19-14-5-2-9(8-18-14)6-13(17)11-7-10(15)3-4-12(11)16/h2-5,7-8,13H,6,17H2,1H3. The van der Waals surface area contributed by atoms with Gasteiger partial charge in [-0.2, -0.15) is 0 Å². The number of nitrogens with zero attached hydrogens (tertiary/aromatic N) is 1. The van der Waals surface area contributed by atoms with E-state index >= 15 is 0 Å². The summed E-state index contributed by atoms with van der Waals surface area (Å²) in [5.74, 6) is 0.582. The van der Waals surface area contributed by atoms with Gasteiger partial charge in [-0.15, -0.1) is 0 Å². The summed E-state index contributed by atoms with van der Waals surface area (Å²) >= 11 is 12.1. The molecular formula is C14H14Cl2N2O. The molecule has 1 atom stereocenters. The van der Waals surface area contributed by atoms with E-state index in [-0.39, 0.29) is 6.04 Å². The Hall–Kier alpha value is -1.29. The molecule has 0 amide bonds. The predicted octanol–water partition coefficient (Wildman–Crippen LogP) is 3.64. The lowest BCUT2D eigenvalue weighted by atomic mass is 10.0. The first-order valence-corrected chi connectivity index (χ1v) is 6.55. The molecule has 1 heterocycles. The molecule has 2 N–H and O–H groups in total. The Kier molecular flexibility index (Phi) is 4.64. The van der Waals surface area contributed by atoms with Crippen molar-refractivity contribution in [3.05, 3.63) is 57.7 Å². The fraction of sp³-hybridized carbons (Fsp3) is 0.214. The first-order valence-electron chi connectivity index (χ1n) is 5.79. The summed E-state index contributed by atoms with van der Waals surface area (Å²) in [5, 5.41) is 1.25. The van der Waals surface area contributed by atoms with Crippen LogP contribution in [0.15, 0.2) is 36.5 Å². The molecule has 3 nitrogen and oxygen atoms in total. The summed E-state index contributed by atoms with van der Waals surface area (Å²) < 4.78 is 5.01. The van der Waals surface area contributed by atoms with Crippen molar-refractivity contribution in [1.29, 1.82) is 0 Å². The fourth-order valence-corrected chi connectivity index (χ4v) is 2.25. The van der Waals surface area contributed by atoms with Crippen LogP contribution in [0.5, 0.6) is 5.88 Å². The molecule has 1 unspecified atom stereocenters. The van der Waals surface area contributed by atoms with Crippen molar-refractivity contribution >= 4 is 23.2 Å². The summed E-state index contributed by atoms with van der Waals surface area (Å²) in [6.45, 7) is 0. The Morgan fingerprint density at radius 3 is 2.68 bits per heavy atom. The molecule has 0 fully saturated rings. The van der Waals surface area contributed by atoms with Crippen molar-refractivity contribution in [1.82, 2.24) is 4.98 Å². The summed E-state index contributed by atoms with van der Waals surface area (Å²) in [5.41, 5.74) is 8.02. The van der Waals surface area contributed by atoms with Crippen molar-refractivity contribution in [3.8, 4) is 5.88 Å². The monoisotopic (exact) mass is 296 g/mol. The zero-order chi connectivity index (χ0) is 13.8. The van der Waals surface area contributed by atoms with Gasteiger partial charge in [-0.25, -0.2) is 4.98 Å². The van der Waals surface area contributed by atoms with Gasteiger partial charge in [-0.1, -0.05) is 29.3 Å². The highest BCUT2D eigenvalue weighted by Gasteiger charge is 2.12. The summed E-state index contributed by atoms with van der Waals surface area (Å²) in [4.78, 5) is 4.15. The van der Waals surface area contributed by atoms with Crippen molar-refractivity contribution in [2.24, 2.45) is 5.73 Å². The first-order chi connectivity index (χ1) is 9.10. The lowest BCUT2D eigenvalue weighted by Gasteiger charge is -2.14. The number of methoxy groups -OCH3 is 1. The quantitative estimate of drug-likeness (QED) is 0.937. The molecule has 0 saturated carbocycles. The molecule has 5 heteroatoms. The zero-order valence-corrected chi connectivity index (χ0v) is 11.9. The maximum absolute atomic E-state index is 6.17. The molecule has 1 aromatic heterocycles. The highest BCUT2D eigenvalue weighted by atomic mass is 35.5. The number of ether oxygens (including phenoxy) is 1. The number of rotatable bonds is 4. The number of benzene rings is 1. The predicted molar refractivity (Wildman–Crippen MR) is 77.9 cm³/mol. The van der Waals surface area contributed by atoms with Crippen LogP contribution >= 0.6 is 23.2 Å². The van der Waals surface area contributed by atoms with E-state index in [1.165, 1.54) is 0 Å². The van der Waals surface area contributed by atoms with Crippen molar-refractivity contribution in [3.63, 3.8) is 0 Å². The molecule has 0 saturated heterocycles.